The molecule has 0 aliphatic carbocycles. The first kappa shape index (κ1) is 29.7. The molecule has 1 atom stereocenters. The van der Waals surface area contributed by atoms with Gasteiger partial charge in [0.25, 0.3) is 0 Å². The molecule has 0 radical (unpaired) electrons. The number of nitrogens with zero attached hydrogens (tertiary/aromatic N) is 3. The molecule has 42 heavy (non-hydrogen) atoms. The van der Waals surface area contributed by atoms with Crippen LogP contribution in [0.25, 0.3) is 10.8 Å². The van der Waals surface area contributed by atoms with Gasteiger partial charge in [0.05, 0.1) is 11.9 Å². The lowest BCUT2D eigenvalue weighted by atomic mass is 9.85. The summed E-state index contributed by atoms with van der Waals surface area (Å²) in [5.74, 6) is 3.16. The van der Waals surface area contributed by atoms with Gasteiger partial charge in [-0.25, -0.2) is 10.2 Å². The van der Waals surface area contributed by atoms with E-state index in [9.17, 15) is 4.79 Å². The summed E-state index contributed by atoms with van der Waals surface area (Å²) in [5, 5.41) is 13.2. The Bertz CT molecular complexity index is 1510. The molecule has 0 saturated carbocycles. The number of hydrogen-bond acceptors (Lipinski definition) is 7. The predicted octanol–water partition coefficient (Wildman–Crippen LogP) is 7.65. The normalized spacial score (nSPS) is 17.9. The molecule has 1 saturated heterocycles. The van der Waals surface area contributed by atoms with E-state index in [4.69, 9.17) is 9.47 Å². The number of carbonyl (C=O) groups excluding carboxylic acids is 1. The van der Waals surface area contributed by atoms with Gasteiger partial charge >= 0.3 is 6.03 Å². The number of ether oxygens (including phenoxy) is 2. The summed E-state index contributed by atoms with van der Waals surface area (Å²) >= 11 is 2.00. The number of benzene rings is 3. The average molecular weight is 586 g/mol. The Morgan fingerprint density at radius 1 is 1.05 bits per heavy atom. The molecule has 2 aliphatic heterocycles. The summed E-state index contributed by atoms with van der Waals surface area (Å²) < 4.78 is 12.3. The van der Waals surface area contributed by atoms with Crippen LogP contribution in [0.3, 0.4) is 0 Å². The summed E-state index contributed by atoms with van der Waals surface area (Å²) in [5.41, 5.74) is 6.75. The fraction of sp³-hybridized carbons (Fsp3) is 0.364. The Morgan fingerprint density at radius 2 is 1.79 bits per heavy atom. The lowest BCUT2D eigenvalue weighted by molar-refractivity contribution is 0.163. The van der Waals surface area contributed by atoms with E-state index in [1.807, 2.05) is 85.4 Å². The van der Waals surface area contributed by atoms with E-state index < -0.39 is 12.1 Å². The molecule has 5 rings (SSSR count). The number of fused-ring (bicyclic) bond motifs is 1. The van der Waals surface area contributed by atoms with E-state index in [-0.39, 0.29) is 5.41 Å². The molecule has 0 aromatic heterocycles. The Labute approximate surface area is 252 Å². The number of aryl methyl sites for hydroxylation is 1. The minimum absolute atomic E-state index is 0.133. The zero-order valence-electron chi connectivity index (χ0n) is 24.7. The predicted molar refractivity (Wildman–Crippen MR) is 171 cm³/mol. The Morgan fingerprint density at radius 3 is 2.55 bits per heavy atom. The van der Waals surface area contributed by atoms with Crippen LogP contribution in [0.5, 0.6) is 5.75 Å². The van der Waals surface area contributed by atoms with Gasteiger partial charge in [-0.05, 0) is 41.7 Å². The zero-order chi connectivity index (χ0) is 29.5. The van der Waals surface area contributed by atoms with Gasteiger partial charge in [0.1, 0.15) is 18.1 Å². The number of allylic oxidation sites excluding steroid dienone is 2. The highest BCUT2D eigenvalue weighted by Gasteiger charge is 2.27. The molecular formula is C33H39N5O3S. The SMILES string of the molecule is Cc1ccccc1C1OC=C(C(C)(C)C)C=C1N=NNC(=O)Nc1ccc(OCCN2CCSCC2)c2ccccc12. The molecule has 9 heteroatoms. The van der Waals surface area contributed by atoms with Crippen molar-refractivity contribution >= 4 is 34.3 Å². The smallest absolute Gasteiger partial charge is 0.341 e. The molecule has 2 heterocycles. The zero-order valence-corrected chi connectivity index (χ0v) is 25.5. The van der Waals surface area contributed by atoms with Crippen LogP contribution in [0.2, 0.25) is 0 Å². The van der Waals surface area contributed by atoms with Crippen LogP contribution in [0, 0.1) is 12.3 Å². The van der Waals surface area contributed by atoms with Crippen LogP contribution < -0.4 is 15.5 Å². The van der Waals surface area contributed by atoms with E-state index >= 15 is 0 Å². The minimum Gasteiger partial charge on any atom is -0.492 e. The topological polar surface area (TPSA) is 87.5 Å². The molecule has 2 N–H and O–H groups in total. The van der Waals surface area contributed by atoms with Crippen LogP contribution in [0.15, 0.2) is 94.6 Å². The maximum atomic E-state index is 12.9. The summed E-state index contributed by atoms with van der Waals surface area (Å²) in [4.78, 5) is 15.3. The van der Waals surface area contributed by atoms with Crippen molar-refractivity contribution in [1.82, 2.24) is 10.3 Å². The Hall–Kier alpha value is -3.82. The fourth-order valence-electron chi connectivity index (χ4n) is 4.96. The first-order valence-corrected chi connectivity index (χ1v) is 15.5. The number of carbonyl (C=O) groups is 1. The van der Waals surface area contributed by atoms with Gasteiger partial charge in [0.15, 0.2) is 6.10 Å². The second-order valence-corrected chi connectivity index (χ2v) is 12.7. The third-order valence-corrected chi connectivity index (χ3v) is 8.40. The molecule has 220 valence electrons. The molecule has 3 aromatic rings. The lowest BCUT2D eigenvalue weighted by Crippen LogP contribution is -2.35. The highest BCUT2D eigenvalue weighted by Crippen LogP contribution is 2.38. The molecule has 3 aromatic carbocycles. The number of anilines is 1. The lowest BCUT2D eigenvalue weighted by Gasteiger charge is -2.28. The van der Waals surface area contributed by atoms with Crippen molar-refractivity contribution < 1.29 is 14.3 Å². The van der Waals surface area contributed by atoms with Crippen molar-refractivity contribution in [1.29, 1.82) is 0 Å². The first-order valence-electron chi connectivity index (χ1n) is 14.4. The largest absolute Gasteiger partial charge is 0.492 e. The third kappa shape index (κ3) is 7.33. The molecule has 2 amide bonds. The molecule has 2 aliphatic rings. The van der Waals surface area contributed by atoms with Crippen molar-refractivity contribution in [2.45, 2.75) is 33.8 Å². The number of amides is 2. The molecule has 0 bridgehead atoms. The van der Waals surface area contributed by atoms with E-state index in [1.165, 1.54) is 11.5 Å². The quantitative estimate of drug-likeness (QED) is 0.209. The minimum atomic E-state index is -0.489. The second kappa shape index (κ2) is 13.4. The number of hydrogen-bond donors (Lipinski definition) is 2. The van der Waals surface area contributed by atoms with E-state index in [2.05, 4.69) is 46.8 Å². The highest BCUT2D eigenvalue weighted by atomic mass is 32.2. The molecular weight excluding hydrogens is 546 g/mol. The standard InChI is InChI=1S/C33H39N5O3S/c1-23-9-5-6-10-25(23)31-29(21-24(22-41-31)33(2,3)4)35-37-36-32(39)34-28-13-14-30(27-12-8-7-11-26(27)28)40-18-15-38-16-19-42-20-17-38/h5-14,21-22,31H,15-20H2,1-4H3,(H2,34,35,36,39). The number of thioether (sulfide) groups is 1. The second-order valence-electron chi connectivity index (χ2n) is 11.5. The van der Waals surface area contributed by atoms with Crippen molar-refractivity contribution in [3.05, 3.63) is 95.4 Å². The summed E-state index contributed by atoms with van der Waals surface area (Å²) in [6.45, 7) is 12.1. The van der Waals surface area contributed by atoms with Crippen molar-refractivity contribution in [2.24, 2.45) is 15.8 Å². The van der Waals surface area contributed by atoms with Gasteiger partial charge in [-0.15, -0.1) is 5.11 Å². The van der Waals surface area contributed by atoms with Gasteiger partial charge in [-0.3, -0.25) is 4.90 Å². The third-order valence-electron chi connectivity index (χ3n) is 7.46. The van der Waals surface area contributed by atoms with Gasteiger partial charge in [0, 0.05) is 47.5 Å². The van der Waals surface area contributed by atoms with Crippen LogP contribution in [-0.4, -0.2) is 48.7 Å². The van der Waals surface area contributed by atoms with Crippen molar-refractivity contribution in [2.75, 3.05) is 43.1 Å². The van der Waals surface area contributed by atoms with Crippen LogP contribution in [0.4, 0.5) is 10.5 Å². The monoisotopic (exact) mass is 585 g/mol. The Balaban J connectivity index is 1.26. The number of rotatable bonds is 8. The summed E-state index contributed by atoms with van der Waals surface area (Å²) in [6.07, 6.45) is 3.36. The Kier molecular flexibility index (Phi) is 9.49. The first-order chi connectivity index (χ1) is 20.3. The molecule has 8 nitrogen and oxygen atoms in total. The van der Waals surface area contributed by atoms with Gasteiger partial charge < -0.3 is 14.8 Å². The van der Waals surface area contributed by atoms with Gasteiger partial charge in [0.2, 0.25) is 0 Å². The molecule has 1 unspecified atom stereocenters. The van der Waals surface area contributed by atoms with Crippen molar-refractivity contribution in [3.8, 4) is 5.75 Å². The van der Waals surface area contributed by atoms with E-state index in [1.54, 1.807) is 6.26 Å². The number of nitrogens with one attached hydrogen (secondary N) is 2. The summed E-state index contributed by atoms with van der Waals surface area (Å²) in [6, 6.07) is 19.2. The maximum absolute atomic E-state index is 12.9. The number of urea groups is 1. The van der Waals surface area contributed by atoms with E-state index in [0.717, 1.165) is 52.9 Å². The molecule has 1 fully saturated rings. The van der Waals surface area contributed by atoms with Crippen molar-refractivity contribution in [3.63, 3.8) is 0 Å². The van der Waals surface area contributed by atoms with Crippen LogP contribution >= 0.6 is 11.8 Å². The van der Waals surface area contributed by atoms with Gasteiger partial charge in [-0.1, -0.05) is 74.5 Å². The van der Waals surface area contributed by atoms with Crippen LogP contribution in [0.1, 0.15) is 38.0 Å². The van der Waals surface area contributed by atoms with Crippen LogP contribution in [-0.2, 0) is 4.74 Å². The maximum Gasteiger partial charge on any atom is 0.341 e. The average Bonchev–Trinajstić information content (AvgIpc) is 2.98. The molecule has 0 spiro atoms. The van der Waals surface area contributed by atoms with Gasteiger partial charge in [-0.2, -0.15) is 11.8 Å². The highest BCUT2D eigenvalue weighted by molar-refractivity contribution is 7.99. The summed E-state index contributed by atoms with van der Waals surface area (Å²) in [7, 11) is 0. The fourth-order valence-corrected chi connectivity index (χ4v) is 5.94. The van der Waals surface area contributed by atoms with E-state index in [0.29, 0.717) is 18.0 Å².